The normalized spacial score (nSPS) is 10.2. The van der Waals surface area contributed by atoms with Crippen molar-refractivity contribution in [3.63, 3.8) is 0 Å². The zero-order valence-electron chi connectivity index (χ0n) is 11.7. The molecule has 0 amide bonds. The average molecular weight is 309 g/mol. The van der Waals surface area contributed by atoms with Gasteiger partial charge in [0, 0.05) is 23.3 Å². The molecule has 2 aromatic carbocycles. The number of para-hydroxylation sites is 1. The topological polar surface area (TPSA) is 53.6 Å². The van der Waals surface area contributed by atoms with Gasteiger partial charge in [-0.3, -0.25) is 0 Å². The number of nitrogens with zero attached hydrogens (tertiary/aromatic N) is 3. The van der Waals surface area contributed by atoms with Crippen LogP contribution in [0.2, 0.25) is 5.02 Å². The third-order valence-electron chi connectivity index (χ3n) is 3.24. The second kappa shape index (κ2) is 6.33. The molecule has 0 fully saturated rings. The molecule has 0 spiro atoms. The highest BCUT2D eigenvalue weighted by Crippen LogP contribution is 2.20. The van der Waals surface area contributed by atoms with Gasteiger partial charge in [-0.15, -0.1) is 0 Å². The minimum atomic E-state index is 0.531. The molecule has 0 saturated heterocycles. The van der Waals surface area contributed by atoms with Crippen molar-refractivity contribution in [1.82, 2.24) is 9.78 Å². The largest absolute Gasteiger partial charge is 0.380 e. The maximum Gasteiger partial charge on any atom is 0.101 e. The van der Waals surface area contributed by atoms with E-state index in [4.69, 9.17) is 16.9 Å². The van der Waals surface area contributed by atoms with Gasteiger partial charge in [0.05, 0.1) is 23.1 Å². The van der Waals surface area contributed by atoms with Gasteiger partial charge in [0.2, 0.25) is 0 Å². The van der Waals surface area contributed by atoms with Gasteiger partial charge in [-0.1, -0.05) is 29.8 Å². The van der Waals surface area contributed by atoms with E-state index in [0.717, 1.165) is 16.9 Å². The van der Waals surface area contributed by atoms with Gasteiger partial charge in [0.1, 0.15) is 6.07 Å². The summed E-state index contributed by atoms with van der Waals surface area (Å²) in [7, 11) is 0. The lowest BCUT2D eigenvalue weighted by molar-refractivity contribution is 0.880. The Kier molecular flexibility index (Phi) is 4.08. The van der Waals surface area contributed by atoms with E-state index < -0.39 is 0 Å². The molecule has 1 N–H and O–H groups in total. The number of nitrogens with one attached hydrogen (secondary N) is 1. The Labute approximate surface area is 133 Å². The van der Waals surface area contributed by atoms with E-state index in [2.05, 4.69) is 16.5 Å². The highest BCUT2D eigenvalue weighted by atomic mass is 35.5. The van der Waals surface area contributed by atoms with E-state index in [0.29, 0.717) is 17.1 Å². The summed E-state index contributed by atoms with van der Waals surface area (Å²) in [5, 5.41) is 17.3. The molecule has 3 aromatic rings. The van der Waals surface area contributed by atoms with Crippen molar-refractivity contribution in [3.8, 4) is 11.8 Å². The molecule has 5 heteroatoms. The predicted molar refractivity (Wildman–Crippen MR) is 87.1 cm³/mol. The van der Waals surface area contributed by atoms with Crippen molar-refractivity contribution < 1.29 is 0 Å². The van der Waals surface area contributed by atoms with Crippen LogP contribution in [-0.2, 0) is 6.54 Å². The number of nitriles is 1. The molecule has 108 valence electrons. The van der Waals surface area contributed by atoms with Crippen LogP contribution in [0.15, 0.2) is 60.9 Å². The van der Waals surface area contributed by atoms with E-state index in [9.17, 15) is 0 Å². The first-order chi connectivity index (χ1) is 10.8. The van der Waals surface area contributed by atoms with Crippen LogP contribution in [0.25, 0.3) is 5.69 Å². The molecule has 22 heavy (non-hydrogen) atoms. The minimum absolute atomic E-state index is 0.531. The standard InChI is InChI=1S/C17H13ClN4/c18-15-6-7-17(14(8-15)9-19)20-10-13-11-21-22(12-13)16-4-2-1-3-5-16/h1-8,11-12,20H,10H2. The molecule has 0 bridgehead atoms. The minimum Gasteiger partial charge on any atom is -0.380 e. The number of halogens is 1. The summed E-state index contributed by atoms with van der Waals surface area (Å²) in [5.74, 6) is 0. The molecule has 1 aromatic heterocycles. The summed E-state index contributed by atoms with van der Waals surface area (Å²) in [5.41, 5.74) is 3.34. The molecular weight excluding hydrogens is 296 g/mol. The van der Waals surface area contributed by atoms with Crippen molar-refractivity contribution in [1.29, 1.82) is 5.26 Å². The lowest BCUT2D eigenvalue weighted by Crippen LogP contribution is -2.00. The van der Waals surface area contributed by atoms with Crippen LogP contribution in [-0.4, -0.2) is 9.78 Å². The second-order valence-electron chi connectivity index (χ2n) is 4.78. The maximum atomic E-state index is 9.13. The first kappa shape index (κ1) is 14.2. The summed E-state index contributed by atoms with van der Waals surface area (Å²) in [6, 6.07) is 17.3. The Bertz CT molecular complexity index is 818. The third kappa shape index (κ3) is 3.11. The van der Waals surface area contributed by atoms with Gasteiger partial charge in [0.25, 0.3) is 0 Å². The molecular formula is C17H13ClN4. The molecule has 4 nitrogen and oxygen atoms in total. The number of hydrogen-bond acceptors (Lipinski definition) is 3. The maximum absolute atomic E-state index is 9.13. The van der Waals surface area contributed by atoms with Crippen LogP contribution in [0.3, 0.4) is 0 Å². The SMILES string of the molecule is N#Cc1cc(Cl)ccc1NCc1cnn(-c2ccccc2)c1. The summed E-state index contributed by atoms with van der Waals surface area (Å²) in [6.07, 6.45) is 3.77. The van der Waals surface area contributed by atoms with Gasteiger partial charge in [-0.05, 0) is 30.3 Å². The third-order valence-corrected chi connectivity index (χ3v) is 3.48. The number of hydrogen-bond donors (Lipinski definition) is 1. The van der Waals surface area contributed by atoms with Gasteiger partial charge < -0.3 is 5.32 Å². The Hall–Kier alpha value is -2.77. The predicted octanol–water partition coefficient (Wildman–Crippen LogP) is 4.01. The Morgan fingerprint density at radius 2 is 2.00 bits per heavy atom. The van der Waals surface area contributed by atoms with Crippen molar-refractivity contribution in [2.45, 2.75) is 6.54 Å². The fourth-order valence-electron chi connectivity index (χ4n) is 2.13. The van der Waals surface area contributed by atoms with Gasteiger partial charge in [-0.2, -0.15) is 10.4 Å². The molecule has 0 aliphatic heterocycles. The average Bonchev–Trinajstić information content (AvgIpc) is 3.03. The van der Waals surface area contributed by atoms with Crippen LogP contribution in [0.4, 0.5) is 5.69 Å². The molecule has 0 atom stereocenters. The summed E-state index contributed by atoms with van der Waals surface area (Å²) in [6.45, 7) is 0.586. The number of aromatic nitrogens is 2. The van der Waals surface area contributed by atoms with E-state index >= 15 is 0 Å². The second-order valence-corrected chi connectivity index (χ2v) is 5.22. The summed E-state index contributed by atoms with van der Waals surface area (Å²) in [4.78, 5) is 0. The molecule has 0 radical (unpaired) electrons. The van der Waals surface area contributed by atoms with E-state index in [1.807, 2.05) is 53.5 Å². The highest BCUT2D eigenvalue weighted by molar-refractivity contribution is 6.30. The molecule has 0 aliphatic rings. The first-order valence-electron chi connectivity index (χ1n) is 6.79. The van der Waals surface area contributed by atoms with Crippen LogP contribution in [0.5, 0.6) is 0 Å². The fourth-order valence-corrected chi connectivity index (χ4v) is 2.31. The van der Waals surface area contributed by atoms with Gasteiger partial charge >= 0.3 is 0 Å². The van der Waals surface area contributed by atoms with Crippen LogP contribution >= 0.6 is 11.6 Å². The Morgan fingerprint density at radius 1 is 1.18 bits per heavy atom. The van der Waals surface area contributed by atoms with Gasteiger partial charge in [0.15, 0.2) is 0 Å². The molecule has 3 rings (SSSR count). The number of benzene rings is 2. The zero-order valence-corrected chi connectivity index (χ0v) is 12.5. The van der Waals surface area contributed by atoms with E-state index in [1.165, 1.54) is 0 Å². The lowest BCUT2D eigenvalue weighted by Gasteiger charge is -2.07. The molecule has 0 unspecified atom stereocenters. The zero-order chi connectivity index (χ0) is 15.4. The van der Waals surface area contributed by atoms with Crippen LogP contribution < -0.4 is 5.32 Å². The molecule has 0 saturated carbocycles. The fraction of sp³-hybridized carbons (Fsp3) is 0.0588. The van der Waals surface area contributed by atoms with Crippen LogP contribution in [0.1, 0.15) is 11.1 Å². The van der Waals surface area contributed by atoms with Crippen molar-refractivity contribution in [3.05, 3.63) is 77.1 Å². The van der Waals surface area contributed by atoms with Crippen molar-refractivity contribution in [2.24, 2.45) is 0 Å². The summed E-state index contributed by atoms with van der Waals surface area (Å²) < 4.78 is 1.82. The van der Waals surface area contributed by atoms with Crippen LogP contribution in [0, 0.1) is 11.3 Å². The smallest absolute Gasteiger partial charge is 0.101 e. The Morgan fingerprint density at radius 3 is 2.77 bits per heavy atom. The van der Waals surface area contributed by atoms with E-state index in [1.54, 1.807) is 12.1 Å². The Balaban J connectivity index is 1.73. The quantitative estimate of drug-likeness (QED) is 0.792. The van der Waals surface area contributed by atoms with Gasteiger partial charge in [-0.25, -0.2) is 4.68 Å². The lowest BCUT2D eigenvalue weighted by atomic mass is 10.2. The molecule has 1 heterocycles. The van der Waals surface area contributed by atoms with Crippen molar-refractivity contribution >= 4 is 17.3 Å². The number of anilines is 1. The van der Waals surface area contributed by atoms with Crippen molar-refractivity contribution in [2.75, 3.05) is 5.32 Å². The summed E-state index contributed by atoms with van der Waals surface area (Å²) >= 11 is 5.89. The monoisotopic (exact) mass is 308 g/mol. The highest BCUT2D eigenvalue weighted by Gasteiger charge is 2.04. The first-order valence-corrected chi connectivity index (χ1v) is 7.16. The molecule has 0 aliphatic carbocycles. The van der Waals surface area contributed by atoms with E-state index in [-0.39, 0.29) is 0 Å². The number of rotatable bonds is 4.